The van der Waals surface area contributed by atoms with Crippen LogP contribution in [0.25, 0.3) is 15.9 Å². The molecule has 1 amide bonds. The summed E-state index contributed by atoms with van der Waals surface area (Å²) in [5.74, 6) is -0.805. The minimum Gasteiger partial charge on any atom is -0.351 e. The van der Waals surface area contributed by atoms with Crippen LogP contribution in [0, 0.1) is 6.92 Å². The van der Waals surface area contributed by atoms with E-state index in [0.29, 0.717) is 0 Å². The SMILES string of the molecule is Cc1cn2c(C(=O)NCc3ccc4c(ccn4C)c3)c(C(F)(F)F)nc2s1. The molecule has 1 aromatic carbocycles. The molecule has 0 saturated heterocycles. The lowest BCUT2D eigenvalue weighted by atomic mass is 10.1. The lowest BCUT2D eigenvalue weighted by Crippen LogP contribution is -2.27. The summed E-state index contributed by atoms with van der Waals surface area (Å²) in [6.45, 7) is 1.88. The molecular formula is C18H15F3N4OS. The first-order chi connectivity index (χ1) is 12.7. The van der Waals surface area contributed by atoms with E-state index in [-0.39, 0.29) is 11.5 Å². The van der Waals surface area contributed by atoms with E-state index in [0.717, 1.165) is 32.7 Å². The van der Waals surface area contributed by atoms with Gasteiger partial charge in [-0.1, -0.05) is 6.07 Å². The Balaban J connectivity index is 1.63. The van der Waals surface area contributed by atoms with Gasteiger partial charge in [0, 0.05) is 36.4 Å². The fourth-order valence-corrected chi connectivity index (χ4v) is 3.90. The average molecular weight is 392 g/mol. The van der Waals surface area contributed by atoms with Crippen LogP contribution < -0.4 is 5.32 Å². The van der Waals surface area contributed by atoms with Gasteiger partial charge >= 0.3 is 6.18 Å². The predicted octanol–water partition coefficient (Wildman–Crippen LogP) is 4.14. The molecule has 0 spiro atoms. The number of nitrogens with one attached hydrogen (secondary N) is 1. The highest BCUT2D eigenvalue weighted by Crippen LogP contribution is 2.33. The number of thiazole rings is 1. The summed E-state index contributed by atoms with van der Waals surface area (Å²) in [5, 5.41) is 3.59. The molecule has 27 heavy (non-hydrogen) atoms. The summed E-state index contributed by atoms with van der Waals surface area (Å²) in [4.78, 5) is 17.1. The zero-order valence-electron chi connectivity index (χ0n) is 14.5. The van der Waals surface area contributed by atoms with Crippen molar-refractivity contribution < 1.29 is 18.0 Å². The van der Waals surface area contributed by atoms with Crippen molar-refractivity contribution in [3.63, 3.8) is 0 Å². The lowest BCUT2D eigenvalue weighted by molar-refractivity contribution is -0.141. The van der Waals surface area contributed by atoms with Crippen LogP contribution in [0.15, 0.2) is 36.7 Å². The number of carbonyl (C=O) groups excluding carboxylic acids is 1. The van der Waals surface area contributed by atoms with E-state index in [1.165, 1.54) is 10.6 Å². The minimum absolute atomic E-state index is 0.122. The van der Waals surface area contributed by atoms with E-state index in [2.05, 4.69) is 10.3 Å². The molecule has 140 valence electrons. The lowest BCUT2D eigenvalue weighted by Gasteiger charge is -2.09. The third-order valence-electron chi connectivity index (χ3n) is 4.33. The van der Waals surface area contributed by atoms with Crippen LogP contribution in [-0.4, -0.2) is 19.9 Å². The molecule has 4 rings (SSSR count). The summed E-state index contributed by atoms with van der Waals surface area (Å²) in [5.41, 5.74) is 0.195. The summed E-state index contributed by atoms with van der Waals surface area (Å²) in [6.07, 6.45) is -1.28. The molecule has 3 aromatic heterocycles. The molecule has 0 aliphatic heterocycles. The van der Waals surface area contributed by atoms with E-state index in [9.17, 15) is 18.0 Å². The van der Waals surface area contributed by atoms with Crippen LogP contribution in [0.4, 0.5) is 13.2 Å². The van der Waals surface area contributed by atoms with Crippen LogP contribution in [0.3, 0.4) is 0 Å². The summed E-state index contributed by atoms with van der Waals surface area (Å²) < 4.78 is 43.1. The molecule has 0 radical (unpaired) electrons. The van der Waals surface area contributed by atoms with E-state index >= 15 is 0 Å². The van der Waals surface area contributed by atoms with Gasteiger partial charge < -0.3 is 9.88 Å². The van der Waals surface area contributed by atoms with Crippen LogP contribution in [0.2, 0.25) is 0 Å². The maximum Gasteiger partial charge on any atom is 0.435 e. The molecule has 0 bridgehead atoms. The number of imidazole rings is 1. The number of nitrogens with zero attached hydrogens (tertiary/aromatic N) is 3. The maximum atomic E-state index is 13.3. The second-order valence-corrected chi connectivity index (χ2v) is 7.52. The van der Waals surface area contributed by atoms with Gasteiger partial charge in [0.25, 0.3) is 5.91 Å². The third-order valence-corrected chi connectivity index (χ3v) is 5.23. The number of hydrogen-bond donors (Lipinski definition) is 1. The van der Waals surface area contributed by atoms with Crippen molar-refractivity contribution in [2.45, 2.75) is 19.6 Å². The van der Waals surface area contributed by atoms with E-state index in [4.69, 9.17) is 0 Å². The van der Waals surface area contributed by atoms with Crippen LogP contribution >= 0.6 is 11.3 Å². The molecule has 0 aliphatic rings. The van der Waals surface area contributed by atoms with Gasteiger partial charge in [0.05, 0.1) is 0 Å². The fraction of sp³-hybridized carbons (Fsp3) is 0.222. The van der Waals surface area contributed by atoms with Crippen LogP contribution in [0.1, 0.15) is 26.6 Å². The molecule has 5 nitrogen and oxygen atoms in total. The molecule has 0 atom stereocenters. The molecule has 0 fully saturated rings. The van der Waals surface area contributed by atoms with Crippen LogP contribution in [-0.2, 0) is 19.8 Å². The smallest absolute Gasteiger partial charge is 0.351 e. The second kappa shape index (κ2) is 6.12. The molecule has 9 heteroatoms. The highest BCUT2D eigenvalue weighted by molar-refractivity contribution is 7.17. The molecular weight excluding hydrogens is 377 g/mol. The first kappa shape index (κ1) is 17.6. The molecule has 1 N–H and O–H groups in total. The van der Waals surface area contributed by atoms with E-state index < -0.39 is 23.5 Å². The zero-order chi connectivity index (χ0) is 19.3. The molecule has 0 aliphatic carbocycles. The van der Waals surface area contributed by atoms with Crippen molar-refractivity contribution in [3.8, 4) is 0 Å². The highest BCUT2D eigenvalue weighted by Gasteiger charge is 2.40. The fourth-order valence-electron chi connectivity index (χ4n) is 3.08. The quantitative estimate of drug-likeness (QED) is 0.570. The number of fused-ring (bicyclic) bond motifs is 2. The summed E-state index contributed by atoms with van der Waals surface area (Å²) >= 11 is 1.11. The van der Waals surface area contributed by atoms with Gasteiger partial charge in [0.2, 0.25) is 0 Å². The van der Waals surface area contributed by atoms with Gasteiger partial charge in [-0.3, -0.25) is 9.20 Å². The topological polar surface area (TPSA) is 51.3 Å². The monoisotopic (exact) mass is 392 g/mol. The minimum atomic E-state index is -4.70. The van der Waals surface area contributed by atoms with Crippen molar-refractivity contribution in [2.24, 2.45) is 7.05 Å². The molecule has 4 aromatic rings. The number of rotatable bonds is 3. The van der Waals surface area contributed by atoms with Gasteiger partial charge in [-0.15, -0.1) is 11.3 Å². The molecule has 3 heterocycles. The van der Waals surface area contributed by atoms with Crippen molar-refractivity contribution in [1.82, 2.24) is 19.3 Å². The molecule has 0 unspecified atom stereocenters. The van der Waals surface area contributed by atoms with Gasteiger partial charge in [0.15, 0.2) is 10.7 Å². The van der Waals surface area contributed by atoms with Crippen molar-refractivity contribution >= 4 is 33.1 Å². The van der Waals surface area contributed by atoms with Crippen molar-refractivity contribution in [1.29, 1.82) is 0 Å². The Hall–Kier alpha value is -2.81. The number of alkyl halides is 3. The highest BCUT2D eigenvalue weighted by atomic mass is 32.1. The van der Waals surface area contributed by atoms with Crippen LogP contribution in [0.5, 0.6) is 0 Å². The summed E-state index contributed by atoms with van der Waals surface area (Å²) in [6, 6.07) is 7.60. The number of aryl methyl sites for hydroxylation is 2. The third kappa shape index (κ3) is 3.08. The van der Waals surface area contributed by atoms with Gasteiger partial charge in [0.1, 0.15) is 5.69 Å². The first-order valence-electron chi connectivity index (χ1n) is 8.12. The maximum absolute atomic E-state index is 13.3. The Morgan fingerprint density at radius 1 is 1.30 bits per heavy atom. The predicted molar refractivity (Wildman–Crippen MR) is 96.9 cm³/mol. The standard InChI is InChI=1S/C18H15F3N4OS/c1-10-9-25-14(15(18(19,20)21)23-17(25)27-10)16(26)22-8-11-3-4-13-12(7-11)5-6-24(13)2/h3-7,9H,8H2,1-2H3,(H,22,26). The normalized spacial score (nSPS) is 12.2. The number of aromatic nitrogens is 3. The molecule has 0 saturated carbocycles. The number of amides is 1. The number of carbonyl (C=O) groups is 1. The van der Waals surface area contributed by atoms with E-state index in [1.54, 1.807) is 6.92 Å². The second-order valence-electron chi connectivity index (χ2n) is 6.30. The van der Waals surface area contributed by atoms with Crippen molar-refractivity contribution in [3.05, 3.63) is 58.5 Å². The summed E-state index contributed by atoms with van der Waals surface area (Å²) in [7, 11) is 1.93. The largest absolute Gasteiger partial charge is 0.435 e. The Labute approximate surface area is 156 Å². The number of benzene rings is 1. The van der Waals surface area contributed by atoms with Gasteiger partial charge in [-0.05, 0) is 36.1 Å². The number of halogens is 3. The first-order valence-corrected chi connectivity index (χ1v) is 8.93. The Kier molecular flexibility index (Phi) is 3.99. The Bertz CT molecular complexity index is 1170. The zero-order valence-corrected chi connectivity index (χ0v) is 15.3. The van der Waals surface area contributed by atoms with Gasteiger partial charge in [-0.25, -0.2) is 4.98 Å². The Morgan fingerprint density at radius 3 is 2.81 bits per heavy atom. The number of hydrogen-bond acceptors (Lipinski definition) is 3. The van der Waals surface area contributed by atoms with E-state index in [1.807, 2.05) is 42.1 Å². The van der Waals surface area contributed by atoms with Gasteiger partial charge in [-0.2, -0.15) is 13.2 Å². The van der Waals surface area contributed by atoms with Crippen molar-refractivity contribution in [2.75, 3.05) is 0 Å². The Morgan fingerprint density at radius 2 is 2.07 bits per heavy atom. The average Bonchev–Trinajstić information content (AvgIpc) is 3.24.